The molecule has 6 rings (SSSR count). The van der Waals surface area contributed by atoms with Gasteiger partial charge in [0, 0.05) is 30.8 Å². The quantitative estimate of drug-likeness (QED) is 0.248. The molecule has 0 bridgehead atoms. The van der Waals surface area contributed by atoms with Crippen LogP contribution in [0.2, 0.25) is 0 Å². The SMILES string of the molecule is CCC1C=C(C(NC2CCCO2)C(=O)N(C(=O)C(NC2CCCO2)C2=CC(CC)CC(F)=C2)[C@@H]2C(=O)N3[C@@H]2SC(C)(C)[C@@H]3C(=O)O)C=C(F)C1. The minimum absolute atomic E-state index is 0.182. The lowest BCUT2D eigenvalue weighted by atomic mass is 9.87. The molecule has 0 aromatic carbocycles. The van der Waals surface area contributed by atoms with Gasteiger partial charge in [-0.3, -0.25) is 29.9 Å². The van der Waals surface area contributed by atoms with E-state index in [1.54, 1.807) is 13.8 Å². The molecule has 9 atom stereocenters. The summed E-state index contributed by atoms with van der Waals surface area (Å²) in [5.41, 5.74) is 0.644. The van der Waals surface area contributed by atoms with Crippen molar-refractivity contribution in [3.8, 4) is 0 Å². The molecule has 274 valence electrons. The summed E-state index contributed by atoms with van der Waals surface area (Å²) in [7, 11) is 0. The molecule has 11 nitrogen and oxygen atoms in total. The number of fused-ring (bicyclic) bond motifs is 1. The number of carboxylic acids is 1. The molecule has 0 aromatic rings. The van der Waals surface area contributed by atoms with Crippen LogP contribution >= 0.6 is 11.8 Å². The van der Waals surface area contributed by atoms with Crippen molar-refractivity contribution in [1.82, 2.24) is 20.4 Å². The molecular formula is C36H48F2N4O7S. The van der Waals surface area contributed by atoms with Gasteiger partial charge in [0.2, 0.25) is 0 Å². The number of carbonyl (C=O) groups is 4. The third-order valence-corrected chi connectivity index (χ3v) is 12.1. The highest BCUT2D eigenvalue weighted by molar-refractivity contribution is 8.01. The van der Waals surface area contributed by atoms with Crippen LogP contribution in [0.5, 0.6) is 0 Å². The zero-order valence-electron chi connectivity index (χ0n) is 29.0. The van der Waals surface area contributed by atoms with Crippen molar-refractivity contribution in [3.05, 3.63) is 47.1 Å². The first-order chi connectivity index (χ1) is 23.8. The zero-order chi connectivity index (χ0) is 35.9. The standard InChI is InChI=1S/C36H48F2N4O7S/c1-5-19-13-21(17-23(37)15-19)27(39-25-9-7-11-48-25)31(43)41(29-33(45)42-30(35(46)47)36(3,4)50-34(29)42)32(44)28(40-26-10-8-12-49-26)22-14-20(6-2)16-24(38)18-22/h13-14,17-20,25-30,34,39-40H,5-12,15-16H2,1-4H3,(H,46,47)/t19?,20?,25?,26?,27?,28?,29-,30+,34-/m1/s1. The molecule has 6 aliphatic rings. The van der Waals surface area contributed by atoms with Crippen LogP contribution in [0.4, 0.5) is 8.78 Å². The van der Waals surface area contributed by atoms with Crippen molar-refractivity contribution in [2.75, 3.05) is 13.2 Å². The number of imide groups is 1. The lowest BCUT2D eigenvalue weighted by molar-refractivity contribution is -0.173. The van der Waals surface area contributed by atoms with Crippen LogP contribution in [-0.4, -0.2) is 98.6 Å². The third kappa shape index (κ3) is 7.23. The summed E-state index contributed by atoms with van der Waals surface area (Å²) >= 11 is 1.21. The van der Waals surface area contributed by atoms with Gasteiger partial charge in [-0.25, -0.2) is 13.6 Å². The van der Waals surface area contributed by atoms with Crippen LogP contribution in [0, 0.1) is 11.8 Å². The van der Waals surface area contributed by atoms with Gasteiger partial charge in [0.1, 0.15) is 53.7 Å². The fraction of sp³-hybridized carbons (Fsp3) is 0.667. The van der Waals surface area contributed by atoms with Crippen LogP contribution in [0.3, 0.4) is 0 Å². The van der Waals surface area contributed by atoms with Gasteiger partial charge in [0.05, 0.1) is 0 Å². The summed E-state index contributed by atoms with van der Waals surface area (Å²) in [5.74, 6) is -4.63. The van der Waals surface area contributed by atoms with Crippen molar-refractivity contribution < 1.29 is 42.5 Å². The summed E-state index contributed by atoms with van der Waals surface area (Å²) in [6, 6.07) is -5.07. The Morgan fingerprint density at radius 2 is 1.42 bits per heavy atom. The average Bonchev–Trinajstić information content (AvgIpc) is 3.84. The Bertz CT molecular complexity index is 1420. The number of hydrogen-bond acceptors (Lipinski definition) is 9. The van der Waals surface area contributed by atoms with E-state index in [1.807, 2.05) is 26.0 Å². The second kappa shape index (κ2) is 15.0. The van der Waals surface area contributed by atoms with Crippen LogP contribution in [0.15, 0.2) is 47.1 Å². The highest BCUT2D eigenvalue weighted by Gasteiger charge is 2.67. The molecule has 6 unspecified atom stereocenters. The summed E-state index contributed by atoms with van der Waals surface area (Å²) < 4.78 is 41.0. The number of aliphatic carboxylic acids is 1. The Balaban J connectivity index is 1.45. The molecule has 50 heavy (non-hydrogen) atoms. The minimum atomic E-state index is -1.36. The van der Waals surface area contributed by atoms with E-state index in [2.05, 4.69) is 10.6 Å². The predicted octanol–water partition coefficient (Wildman–Crippen LogP) is 4.47. The normalized spacial score (nSPS) is 33.0. The Morgan fingerprint density at radius 3 is 1.82 bits per heavy atom. The zero-order valence-corrected chi connectivity index (χ0v) is 29.8. The van der Waals surface area contributed by atoms with Gasteiger partial charge in [0.15, 0.2) is 0 Å². The highest BCUT2D eigenvalue weighted by Crippen LogP contribution is 2.52. The molecule has 4 saturated heterocycles. The lowest BCUT2D eigenvalue weighted by Crippen LogP contribution is -2.74. The van der Waals surface area contributed by atoms with Crippen molar-refractivity contribution in [2.24, 2.45) is 11.8 Å². The van der Waals surface area contributed by atoms with Gasteiger partial charge in [-0.15, -0.1) is 11.8 Å². The smallest absolute Gasteiger partial charge is 0.327 e. The van der Waals surface area contributed by atoms with Gasteiger partial charge in [-0.05, 0) is 87.5 Å². The van der Waals surface area contributed by atoms with Gasteiger partial charge in [0.25, 0.3) is 17.7 Å². The summed E-state index contributed by atoms with van der Waals surface area (Å²) in [6.45, 7) is 8.20. The van der Waals surface area contributed by atoms with Gasteiger partial charge >= 0.3 is 5.97 Å². The molecular weight excluding hydrogens is 670 g/mol. The van der Waals surface area contributed by atoms with Crippen LogP contribution < -0.4 is 10.6 Å². The summed E-state index contributed by atoms with van der Waals surface area (Å²) in [6.07, 6.45) is 9.37. The van der Waals surface area contributed by atoms with Crippen molar-refractivity contribution in [1.29, 1.82) is 0 Å². The Labute approximate surface area is 295 Å². The molecule has 0 saturated carbocycles. The van der Waals surface area contributed by atoms with E-state index >= 15 is 18.4 Å². The first kappa shape index (κ1) is 36.9. The fourth-order valence-corrected chi connectivity index (χ4v) is 9.60. The largest absolute Gasteiger partial charge is 0.480 e. The highest BCUT2D eigenvalue weighted by atomic mass is 32.2. The predicted molar refractivity (Wildman–Crippen MR) is 183 cm³/mol. The topological polar surface area (TPSA) is 138 Å². The molecule has 3 N–H and O–H groups in total. The number of ether oxygens (including phenoxy) is 2. The van der Waals surface area contributed by atoms with Crippen LogP contribution in [0.25, 0.3) is 0 Å². The van der Waals surface area contributed by atoms with Crippen molar-refractivity contribution >= 4 is 35.5 Å². The number of nitrogens with one attached hydrogen (secondary N) is 2. The molecule has 4 fully saturated rings. The number of thioether (sulfide) groups is 1. The second-order valence-electron chi connectivity index (χ2n) is 14.6. The molecule has 3 amide bonds. The van der Waals surface area contributed by atoms with Crippen molar-refractivity contribution in [2.45, 2.75) is 126 Å². The maximum Gasteiger partial charge on any atom is 0.327 e. The first-order valence-corrected chi connectivity index (χ1v) is 18.7. The maximum atomic E-state index is 15.2. The molecule has 2 aliphatic carbocycles. The third-order valence-electron chi connectivity index (χ3n) is 10.6. The Morgan fingerprint density at radius 1 is 0.940 bits per heavy atom. The molecule has 0 radical (unpaired) electrons. The fourth-order valence-electron chi connectivity index (χ4n) is 7.92. The maximum absolute atomic E-state index is 15.2. The molecule has 4 aliphatic heterocycles. The van der Waals surface area contributed by atoms with Crippen LogP contribution in [-0.2, 0) is 28.7 Å². The van der Waals surface area contributed by atoms with E-state index in [9.17, 15) is 14.7 Å². The first-order valence-electron chi connectivity index (χ1n) is 17.8. The molecule has 0 spiro atoms. The summed E-state index contributed by atoms with van der Waals surface area (Å²) in [5, 5.41) is 15.7. The lowest BCUT2D eigenvalue weighted by Gasteiger charge is -2.49. The number of hydrogen-bond donors (Lipinski definition) is 3. The van der Waals surface area contributed by atoms with Gasteiger partial charge in [-0.2, -0.15) is 0 Å². The Hall–Kier alpha value is -2.91. The molecule has 14 heteroatoms. The molecule has 0 aromatic heterocycles. The Kier molecular flexibility index (Phi) is 11.0. The number of amides is 3. The number of allylic oxidation sites excluding steroid dienone is 4. The van der Waals surface area contributed by atoms with Gasteiger partial charge < -0.3 is 19.5 Å². The number of β-lactam (4-membered cyclic amide) rings is 1. The van der Waals surface area contributed by atoms with E-state index < -0.39 is 82.1 Å². The minimum Gasteiger partial charge on any atom is -0.480 e. The number of rotatable bonds is 12. The van der Waals surface area contributed by atoms with E-state index in [1.165, 1.54) is 28.8 Å². The number of carboxylic acid groups (broad SMARTS) is 1. The van der Waals surface area contributed by atoms with Crippen molar-refractivity contribution in [3.63, 3.8) is 0 Å². The van der Waals surface area contributed by atoms with E-state index in [4.69, 9.17) is 9.47 Å². The van der Waals surface area contributed by atoms with E-state index in [0.29, 0.717) is 50.0 Å². The van der Waals surface area contributed by atoms with Gasteiger partial charge in [-0.1, -0.05) is 26.0 Å². The summed E-state index contributed by atoms with van der Waals surface area (Å²) in [4.78, 5) is 59.0. The average molecular weight is 719 g/mol. The van der Waals surface area contributed by atoms with E-state index in [0.717, 1.165) is 17.7 Å². The van der Waals surface area contributed by atoms with E-state index in [-0.39, 0.29) is 24.7 Å². The monoisotopic (exact) mass is 718 g/mol. The number of halogens is 2. The molecule has 4 heterocycles. The van der Waals surface area contributed by atoms with Crippen LogP contribution in [0.1, 0.15) is 79.1 Å². The number of carbonyl (C=O) groups excluding carboxylic acids is 3. The second-order valence-corrected chi connectivity index (χ2v) is 16.3. The number of nitrogens with zero attached hydrogens (tertiary/aromatic N) is 2.